The number of aryl methyl sites for hydroxylation is 1. The SMILES string of the molecule is Br.Cc1ccccc1N(CC(=O)c1ccc(Cl)c(Cl)c1)C1=NCCCC1. The molecule has 0 fully saturated rings. The molecule has 2 aromatic carbocycles. The zero-order valence-electron chi connectivity index (χ0n) is 14.5. The molecule has 0 atom stereocenters. The summed E-state index contributed by atoms with van der Waals surface area (Å²) in [6.07, 6.45) is 3.09. The first kappa shape index (κ1) is 20.9. The maximum atomic E-state index is 12.8. The molecule has 26 heavy (non-hydrogen) atoms. The van der Waals surface area contributed by atoms with E-state index in [-0.39, 0.29) is 29.3 Å². The number of carbonyl (C=O) groups excluding carboxylic acids is 1. The van der Waals surface area contributed by atoms with Gasteiger partial charge in [-0.15, -0.1) is 17.0 Å². The van der Waals surface area contributed by atoms with E-state index >= 15 is 0 Å². The van der Waals surface area contributed by atoms with Gasteiger partial charge in [0.25, 0.3) is 0 Å². The number of aliphatic imine (C=N–C) groups is 1. The van der Waals surface area contributed by atoms with Gasteiger partial charge in [0.1, 0.15) is 5.84 Å². The standard InChI is InChI=1S/C20H20Cl2N2O.BrH/c1-14-6-2-3-7-18(14)24(20-8-4-5-11-23-20)13-19(25)15-9-10-16(21)17(22)12-15;/h2-3,6-7,9-10,12H,4-5,8,11,13H2,1H3;1H. The molecule has 2 aromatic rings. The van der Waals surface area contributed by atoms with Crippen molar-refractivity contribution < 1.29 is 4.79 Å². The van der Waals surface area contributed by atoms with Crippen LogP contribution in [0.2, 0.25) is 10.0 Å². The van der Waals surface area contributed by atoms with E-state index in [1.807, 2.05) is 23.1 Å². The van der Waals surface area contributed by atoms with E-state index in [0.717, 1.165) is 42.9 Å². The molecule has 1 aliphatic heterocycles. The van der Waals surface area contributed by atoms with E-state index in [2.05, 4.69) is 18.0 Å². The fourth-order valence-corrected chi connectivity index (χ4v) is 3.29. The molecule has 0 N–H and O–H groups in total. The maximum Gasteiger partial charge on any atom is 0.182 e. The largest absolute Gasteiger partial charge is 0.322 e. The average Bonchev–Trinajstić information content (AvgIpc) is 2.63. The molecule has 0 saturated carbocycles. The molecule has 138 valence electrons. The molecule has 0 amide bonds. The summed E-state index contributed by atoms with van der Waals surface area (Å²) >= 11 is 12.0. The Morgan fingerprint density at radius 2 is 1.88 bits per heavy atom. The van der Waals surface area contributed by atoms with E-state index in [1.165, 1.54) is 0 Å². The third-order valence-electron chi connectivity index (χ3n) is 4.36. The van der Waals surface area contributed by atoms with Crippen LogP contribution in [0.3, 0.4) is 0 Å². The van der Waals surface area contributed by atoms with E-state index in [1.54, 1.807) is 18.2 Å². The van der Waals surface area contributed by atoms with E-state index in [9.17, 15) is 4.79 Å². The van der Waals surface area contributed by atoms with Gasteiger partial charge in [0, 0.05) is 24.2 Å². The van der Waals surface area contributed by atoms with Crippen LogP contribution in [0.15, 0.2) is 47.5 Å². The number of halogens is 3. The summed E-state index contributed by atoms with van der Waals surface area (Å²) in [7, 11) is 0. The number of ketones is 1. The van der Waals surface area contributed by atoms with Gasteiger partial charge in [-0.1, -0.05) is 41.4 Å². The van der Waals surface area contributed by atoms with Crippen molar-refractivity contribution in [3.05, 3.63) is 63.6 Å². The molecule has 1 aliphatic rings. The number of carbonyl (C=O) groups is 1. The quantitative estimate of drug-likeness (QED) is 0.517. The third-order valence-corrected chi connectivity index (χ3v) is 5.10. The van der Waals surface area contributed by atoms with Crippen LogP contribution in [0.4, 0.5) is 5.69 Å². The molecular formula is C20H21BrCl2N2O. The summed E-state index contributed by atoms with van der Waals surface area (Å²) in [4.78, 5) is 19.6. The number of anilines is 1. The Morgan fingerprint density at radius 1 is 1.12 bits per heavy atom. The van der Waals surface area contributed by atoms with Crippen LogP contribution in [-0.2, 0) is 0 Å². The highest BCUT2D eigenvalue weighted by Crippen LogP contribution is 2.26. The number of nitrogens with zero attached hydrogens (tertiary/aromatic N) is 2. The Labute approximate surface area is 174 Å². The minimum atomic E-state index is -0.00454. The van der Waals surface area contributed by atoms with Gasteiger partial charge in [-0.2, -0.15) is 0 Å². The lowest BCUT2D eigenvalue weighted by molar-refractivity contribution is 0.100. The molecule has 0 aromatic heterocycles. The molecule has 0 aliphatic carbocycles. The van der Waals surface area contributed by atoms with Gasteiger partial charge in [0.05, 0.1) is 16.6 Å². The lowest BCUT2D eigenvalue weighted by Crippen LogP contribution is -2.37. The van der Waals surface area contributed by atoms with Crippen molar-refractivity contribution in [1.29, 1.82) is 0 Å². The Hall–Kier alpha value is -1.36. The molecule has 0 saturated heterocycles. The zero-order chi connectivity index (χ0) is 17.8. The monoisotopic (exact) mass is 454 g/mol. The van der Waals surface area contributed by atoms with E-state index in [4.69, 9.17) is 23.2 Å². The minimum Gasteiger partial charge on any atom is -0.322 e. The van der Waals surface area contributed by atoms with Crippen LogP contribution in [0, 0.1) is 6.92 Å². The first-order valence-corrected chi connectivity index (χ1v) is 9.16. The summed E-state index contributed by atoms with van der Waals surface area (Å²) in [6.45, 7) is 3.11. The number of hydrogen-bond acceptors (Lipinski definition) is 3. The fourth-order valence-electron chi connectivity index (χ4n) is 2.99. The molecule has 1 heterocycles. The van der Waals surface area contributed by atoms with Gasteiger partial charge < -0.3 is 4.90 Å². The predicted molar refractivity (Wildman–Crippen MR) is 116 cm³/mol. The lowest BCUT2D eigenvalue weighted by atomic mass is 10.1. The summed E-state index contributed by atoms with van der Waals surface area (Å²) < 4.78 is 0. The number of Topliss-reactive ketones (excluding diaryl/α,β-unsaturated/α-hetero) is 1. The van der Waals surface area contributed by atoms with Crippen LogP contribution in [0.1, 0.15) is 35.2 Å². The second-order valence-corrected chi connectivity index (χ2v) is 6.99. The number of amidine groups is 1. The van der Waals surface area contributed by atoms with E-state index < -0.39 is 0 Å². The molecular weight excluding hydrogens is 435 g/mol. The summed E-state index contributed by atoms with van der Waals surface area (Å²) in [5.41, 5.74) is 2.71. The van der Waals surface area contributed by atoms with Crippen molar-refractivity contribution in [2.24, 2.45) is 4.99 Å². The lowest BCUT2D eigenvalue weighted by Gasteiger charge is -2.29. The Bertz CT molecular complexity index is 823. The van der Waals surface area contributed by atoms with Crippen LogP contribution in [-0.4, -0.2) is 24.7 Å². The summed E-state index contributed by atoms with van der Waals surface area (Å²) in [5.74, 6) is 0.976. The molecule has 0 bridgehead atoms. The van der Waals surface area contributed by atoms with Crippen molar-refractivity contribution in [3.63, 3.8) is 0 Å². The third kappa shape index (κ3) is 4.87. The van der Waals surface area contributed by atoms with Gasteiger partial charge in [-0.25, -0.2) is 0 Å². The molecule has 0 unspecified atom stereocenters. The van der Waals surface area contributed by atoms with Crippen LogP contribution >= 0.6 is 40.2 Å². The Kier molecular flexibility index (Phi) is 7.69. The van der Waals surface area contributed by atoms with Crippen molar-refractivity contribution >= 4 is 57.5 Å². The molecule has 3 nitrogen and oxygen atoms in total. The number of benzene rings is 2. The summed E-state index contributed by atoms with van der Waals surface area (Å²) in [6, 6.07) is 13.1. The van der Waals surface area contributed by atoms with Gasteiger partial charge in [0.15, 0.2) is 5.78 Å². The van der Waals surface area contributed by atoms with E-state index in [0.29, 0.717) is 15.6 Å². The molecule has 0 radical (unpaired) electrons. The first-order chi connectivity index (χ1) is 12.1. The van der Waals surface area contributed by atoms with Gasteiger partial charge in [-0.3, -0.25) is 9.79 Å². The topological polar surface area (TPSA) is 32.7 Å². The van der Waals surface area contributed by atoms with Crippen molar-refractivity contribution in [2.75, 3.05) is 18.0 Å². The zero-order valence-corrected chi connectivity index (χ0v) is 17.8. The second-order valence-electron chi connectivity index (χ2n) is 6.18. The van der Waals surface area contributed by atoms with Gasteiger partial charge in [0.2, 0.25) is 0 Å². The predicted octanol–water partition coefficient (Wildman–Crippen LogP) is 6.15. The first-order valence-electron chi connectivity index (χ1n) is 8.41. The Morgan fingerprint density at radius 3 is 2.54 bits per heavy atom. The van der Waals surface area contributed by atoms with Crippen LogP contribution in [0.25, 0.3) is 0 Å². The van der Waals surface area contributed by atoms with Gasteiger partial charge in [-0.05, 0) is 49.6 Å². The number of hydrogen-bond donors (Lipinski definition) is 0. The van der Waals surface area contributed by atoms with Crippen molar-refractivity contribution in [1.82, 2.24) is 0 Å². The second kappa shape index (κ2) is 9.54. The van der Waals surface area contributed by atoms with Crippen molar-refractivity contribution in [3.8, 4) is 0 Å². The maximum absolute atomic E-state index is 12.8. The normalized spacial score (nSPS) is 13.6. The number of rotatable bonds is 4. The Balaban J connectivity index is 0.00000243. The average molecular weight is 456 g/mol. The molecule has 3 rings (SSSR count). The highest BCUT2D eigenvalue weighted by atomic mass is 79.9. The fraction of sp³-hybridized carbons (Fsp3) is 0.300. The number of para-hydroxylation sites is 1. The molecule has 6 heteroatoms. The van der Waals surface area contributed by atoms with Crippen molar-refractivity contribution in [2.45, 2.75) is 26.2 Å². The van der Waals surface area contributed by atoms with Crippen LogP contribution < -0.4 is 4.90 Å². The van der Waals surface area contributed by atoms with Crippen LogP contribution in [0.5, 0.6) is 0 Å². The highest BCUT2D eigenvalue weighted by molar-refractivity contribution is 8.93. The molecule has 0 spiro atoms. The summed E-state index contributed by atoms with van der Waals surface area (Å²) in [5, 5.41) is 0.843. The smallest absolute Gasteiger partial charge is 0.182 e. The minimum absolute atomic E-state index is 0. The van der Waals surface area contributed by atoms with Gasteiger partial charge >= 0.3 is 0 Å². The highest BCUT2D eigenvalue weighted by Gasteiger charge is 2.21.